The maximum Gasteiger partial charge on any atom is 0.161 e. The standard InChI is InChI=1S/C19H21NO2.ClH/c1-21-18-12-15-10-11-20-17(16(15)13-19(18)22-2)9-8-14-6-4-3-5-7-14;/h3-9,12-13,17,20H,10-11H2,1-2H3;1H/b9-8+;. The van der Waals surface area contributed by atoms with E-state index in [1.54, 1.807) is 14.2 Å². The molecule has 1 unspecified atom stereocenters. The summed E-state index contributed by atoms with van der Waals surface area (Å²) in [7, 11) is 3.35. The van der Waals surface area contributed by atoms with Gasteiger partial charge in [0, 0.05) is 6.54 Å². The van der Waals surface area contributed by atoms with Crippen LogP contribution in [0.15, 0.2) is 48.5 Å². The highest BCUT2D eigenvalue weighted by Crippen LogP contribution is 2.35. The van der Waals surface area contributed by atoms with Gasteiger partial charge in [0.1, 0.15) is 0 Å². The molecule has 0 saturated carbocycles. The smallest absolute Gasteiger partial charge is 0.161 e. The van der Waals surface area contributed by atoms with Gasteiger partial charge in [-0.3, -0.25) is 0 Å². The van der Waals surface area contributed by atoms with Crippen molar-refractivity contribution in [3.05, 3.63) is 65.2 Å². The number of methoxy groups -OCH3 is 2. The summed E-state index contributed by atoms with van der Waals surface area (Å²) < 4.78 is 10.8. The largest absolute Gasteiger partial charge is 0.493 e. The summed E-state index contributed by atoms with van der Waals surface area (Å²) in [5.41, 5.74) is 3.78. The van der Waals surface area contributed by atoms with E-state index < -0.39 is 0 Å². The maximum atomic E-state index is 5.44. The fraction of sp³-hybridized carbons (Fsp3) is 0.263. The van der Waals surface area contributed by atoms with Gasteiger partial charge in [0.2, 0.25) is 0 Å². The molecule has 0 aliphatic carbocycles. The number of nitrogens with one attached hydrogen (secondary N) is 1. The number of hydrogen-bond acceptors (Lipinski definition) is 3. The van der Waals surface area contributed by atoms with E-state index >= 15 is 0 Å². The van der Waals surface area contributed by atoms with Crippen LogP contribution < -0.4 is 14.8 Å². The Labute approximate surface area is 143 Å². The molecule has 0 spiro atoms. The molecular formula is C19H22ClNO2. The quantitative estimate of drug-likeness (QED) is 0.917. The zero-order chi connectivity index (χ0) is 15.4. The molecule has 1 aliphatic rings. The number of hydrogen-bond donors (Lipinski definition) is 1. The van der Waals surface area contributed by atoms with E-state index in [9.17, 15) is 0 Å². The molecule has 1 aliphatic heterocycles. The van der Waals surface area contributed by atoms with Crippen molar-refractivity contribution in [2.45, 2.75) is 12.5 Å². The minimum atomic E-state index is 0. The van der Waals surface area contributed by atoms with Gasteiger partial charge in [-0.05, 0) is 35.2 Å². The second-order valence-electron chi connectivity index (χ2n) is 5.36. The van der Waals surface area contributed by atoms with Crippen LogP contribution in [0.3, 0.4) is 0 Å². The third-order valence-corrected chi connectivity index (χ3v) is 4.02. The van der Waals surface area contributed by atoms with Gasteiger partial charge in [0.25, 0.3) is 0 Å². The van der Waals surface area contributed by atoms with Crippen LogP contribution in [-0.2, 0) is 6.42 Å². The molecule has 1 heterocycles. The Morgan fingerprint density at radius 3 is 2.43 bits per heavy atom. The number of rotatable bonds is 4. The summed E-state index contributed by atoms with van der Waals surface area (Å²) in [6.45, 7) is 0.965. The molecule has 4 heteroatoms. The molecule has 122 valence electrons. The Bertz CT molecular complexity index is 671. The van der Waals surface area contributed by atoms with Gasteiger partial charge in [-0.25, -0.2) is 0 Å². The van der Waals surface area contributed by atoms with E-state index in [1.165, 1.54) is 16.7 Å². The Morgan fingerprint density at radius 2 is 1.74 bits per heavy atom. The van der Waals surface area contributed by atoms with Crippen LogP contribution in [0.25, 0.3) is 6.08 Å². The zero-order valence-corrected chi connectivity index (χ0v) is 14.2. The van der Waals surface area contributed by atoms with E-state index in [4.69, 9.17) is 9.47 Å². The predicted octanol–water partition coefficient (Wildman–Crippen LogP) is 4.03. The number of halogens is 1. The predicted molar refractivity (Wildman–Crippen MR) is 96.7 cm³/mol. The highest BCUT2D eigenvalue weighted by atomic mass is 35.5. The van der Waals surface area contributed by atoms with Gasteiger partial charge in [-0.1, -0.05) is 42.5 Å². The Hall–Kier alpha value is -1.97. The first-order valence-corrected chi connectivity index (χ1v) is 7.53. The molecule has 3 nitrogen and oxygen atoms in total. The van der Waals surface area contributed by atoms with Crippen molar-refractivity contribution in [3.8, 4) is 11.5 Å². The lowest BCUT2D eigenvalue weighted by molar-refractivity contribution is 0.353. The summed E-state index contributed by atoms with van der Waals surface area (Å²) in [5.74, 6) is 1.58. The fourth-order valence-corrected chi connectivity index (χ4v) is 2.86. The molecule has 0 aromatic heterocycles. The van der Waals surface area contributed by atoms with Gasteiger partial charge in [-0.2, -0.15) is 0 Å². The number of ether oxygens (including phenoxy) is 2. The van der Waals surface area contributed by atoms with E-state index in [1.807, 2.05) is 6.07 Å². The summed E-state index contributed by atoms with van der Waals surface area (Å²) in [6.07, 6.45) is 5.37. The molecule has 0 saturated heterocycles. The maximum absolute atomic E-state index is 5.44. The first kappa shape index (κ1) is 17.4. The van der Waals surface area contributed by atoms with Gasteiger partial charge < -0.3 is 14.8 Å². The van der Waals surface area contributed by atoms with Crippen molar-refractivity contribution in [3.63, 3.8) is 0 Å². The molecule has 0 radical (unpaired) electrons. The number of benzene rings is 2. The average Bonchev–Trinajstić information content (AvgIpc) is 2.59. The Balaban J connectivity index is 0.00000192. The lowest BCUT2D eigenvalue weighted by atomic mass is 9.93. The zero-order valence-electron chi connectivity index (χ0n) is 13.4. The van der Waals surface area contributed by atoms with Gasteiger partial charge in [-0.15, -0.1) is 12.4 Å². The fourth-order valence-electron chi connectivity index (χ4n) is 2.86. The molecule has 0 fully saturated rings. The molecule has 0 bridgehead atoms. The van der Waals surface area contributed by atoms with Crippen LogP contribution in [0, 0.1) is 0 Å². The highest BCUT2D eigenvalue weighted by molar-refractivity contribution is 5.85. The van der Waals surface area contributed by atoms with E-state index in [0.29, 0.717) is 0 Å². The first-order valence-electron chi connectivity index (χ1n) is 7.53. The van der Waals surface area contributed by atoms with Crippen molar-refractivity contribution >= 4 is 18.5 Å². The minimum absolute atomic E-state index is 0. The second-order valence-corrected chi connectivity index (χ2v) is 5.36. The lowest BCUT2D eigenvalue weighted by Crippen LogP contribution is -2.28. The summed E-state index contributed by atoms with van der Waals surface area (Å²) in [6, 6.07) is 14.7. The molecule has 1 atom stereocenters. The van der Waals surface area contributed by atoms with E-state index in [0.717, 1.165) is 24.5 Å². The van der Waals surface area contributed by atoms with Crippen LogP contribution >= 0.6 is 12.4 Å². The van der Waals surface area contributed by atoms with Crippen molar-refractivity contribution in [2.75, 3.05) is 20.8 Å². The van der Waals surface area contributed by atoms with Gasteiger partial charge in [0.05, 0.1) is 20.3 Å². The topological polar surface area (TPSA) is 30.5 Å². The SMILES string of the molecule is COc1cc2c(cc1OC)C(/C=C/c1ccccc1)NCC2.Cl. The third-order valence-electron chi connectivity index (χ3n) is 4.02. The normalized spacial score (nSPS) is 16.5. The molecule has 0 amide bonds. The Kier molecular flexibility index (Phi) is 6.08. The van der Waals surface area contributed by atoms with Crippen LogP contribution in [0.2, 0.25) is 0 Å². The summed E-state index contributed by atoms with van der Waals surface area (Å²) in [5, 5.41) is 3.55. The highest BCUT2D eigenvalue weighted by Gasteiger charge is 2.20. The molecule has 23 heavy (non-hydrogen) atoms. The van der Waals surface area contributed by atoms with Gasteiger partial charge >= 0.3 is 0 Å². The van der Waals surface area contributed by atoms with Crippen molar-refractivity contribution in [2.24, 2.45) is 0 Å². The molecular weight excluding hydrogens is 310 g/mol. The molecule has 2 aromatic rings. The first-order chi connectivity index (χ1) is 10.8. The van der Waals surface area contributed by atoms with Crippen LogP contribution in [0.5, 0.6) is 11.5 Å². The number of fused-ring (bicyclic) bond motifs is 1. The lowest BCUT2D eigenvalue weighted by Gasteiger charge is -2.26. The third kappa shape index (κ3) is 3.87. The van der Waals surface area contributed by atoms with E-state index in [2.05, 4.69) is 53.9 Å². The van der Waals surface area contributed by atoms with Crippen LogP contribution in [0.1, 0.15) is 22.7 Å². The van der Waals surface area contributed by atoms with Crippen molar-refractivity contribution < 1.29 is 9.47 Å². The van der Waals surface area contributed by atoms with Gasteiger partial charge in [0.15, 0.2) is 11.5 Å². The molecule has 3 rings (SSSR count). The molecule has 1 N–H and O–H groups in total. The minimum Gasteiger partial charge on any atom is -0.493 e. The Morgan fingerprint density at radius 1 is 1.04 bits per heavy atom. The van der Waals surface area contributed by atoms with Crippen molar-refractivity contribution in [1.82, 2.24) is 5.32 Å². The summed E-state index contributed by atoms with van der Waals surface area (Å²) in [4.78, 5) is 0. The molecule has 2 aromatic carbocycles. The van der Waals surface area contributed by atoms with E-state index in [-0.39, 0.29) is 18.4 Å². The van der Waals surface area contributed by atoms with Crippen molar-refractivity contribution in [1.29, 1.82) is 0 Å². The average molecular weight is 332 g/mol. The van der Waals surface area contributed by atoms with Crippen LogP contribution in [-0.4, -0.2) is 20.8 Å². The van der Waals surface area contributed by atoms with Crippen LogP contribution in [0.4, 0.5) is 0 Å². The monoisotopic (exact) mass is 331 g/mol. The summed E-state index contributed by atoms with van der Waals surface area (Å²) >= 11 is 0. The second kappa shape index (κ2) is 8.04.